The lowest BCUT2D eigenvalue weighted by molar-refractivity contribution is -0.736. The van der Waals surface area contributed by atoms with Gasteiger partial charge in [0.1, 0.15) is 0 Å². The monoisotopic (exact) mass is 476 g/mol. The first-order valence-corrected chi connectivity index (χ1v) is 8.22. The SMILES string of the molecule is CO[N+](=O)c1ccc(S)c(C(=O)Nc2ncc(C(F)(F)C(F)(F)C(F)(F)F)cc2F)c1. The van der Waals surface area contributed by atoms with E-state index in [0.29, 0.717) is 0 Å². The number of alkyl halides is 7. The molecule has 2 aromatic rings. The predicted molar refractivity (Wildman–Crippen MR) is 91.0 cm³/mol. The second-order valence-corrected chi connectivity index (χ2v) is 6.28. The minimum absolute atomic E-state index is 0.0144. The van der Waals surface area contributed by atoms with E-state index in [-0.39, 0.29) is 33.3 Å². The third-order valence-corrected chi connectivity index (χ3v) is 4.18. The third-order valence-electron chi connectivity index (χ3n) is 3.79. The van der Waals surface area contributed by atoms with Gasteiger partial charge in [0, 0.05) is 28.8 Å². The molecule has 0 bridgehead atoms. The summed E-state index contributed by atoms with van der Waals surface area (Å²) in [5, 5.41) is 1.81. The maximum Gasteiger partial charge on any atom is 0.460 e. The number of pyridine rings is 1. The van der Waals surface area contributed by atoms with Crippen molar-refractivity contribution in [2.75, 3.05) is 12.4 Å². The minimum atomic E-state index is -6.62. The highest BCUT2D eigenvalue weighted by Crippen LogP contribution is 2.51. The fraction of sp³-hybridized carbons (Fsp3) is 0.250. The molecule has 0 aliphatic carbocycles. The van der Waals surface area contributed by atoms with Gasteiger partial charge in [0.25, 0.3) is 10.8 Å². The predicted octanol–water partition coefficient (Wildman–Crippen LogP) is 5.02. The van der Waals surface area contributed by atoms with Crippen LogP contribution in [0.5, 0.6) is 0 Å². The number of carbonyl (C=O) groups excluding carboxylic acids is 1. The van der Waals surface area contributed by atoms with Crippen LogP contribution in [0.1, 0.15) is 15.9 Å². The van der Waals surface area contributed by atoms with Gasteiger partial charge >= 0.3 is 23.7 Å². The van der Waals surface area contributed by atoms with Gasteiger partial charge in [-0.05, 0) is 12.1 Å². The Morgan fingerprint density at radius 3 is 2.26 bits per heavy atom. The van der Waals surface area contributed by atoms with Crippen molar-refractivity contribution in [3.05, 3.63) is 52.3 Å². The van der Waals surface area contributed by atoms with E-state index >= 15 is 0 Å². The molecule has 31 heavy (non-hydrogen) atoms. The van der Waals surface area contributed by atoms with E-state index in [2.05, 4.69) is 22.5 Å². The fourth-order valence-electron chi connectivity index (χ4n) is 2.16. The third kappa shape index (κ3) is 4.55. The number of hydrogen-bond acceptors (Lipinski definition) is 5. The van der Waals surface area contributed by atoms with Gasteiger partial charge in [-0.3, -0.25) is 4.79 Å². The zero-order chi connectivity index (χ0) is 23.8. The molecule has 1 amide bonds. The quantitative estimate of drug-likeness (QED) is 0.349. The zero-order valence-corrected chi connectivity index (χ0v) is 15.9. The average molecular weight is 476 g/mol. The van der Waals surface area contributed by atoms with Crippen molar-refractivity contribution in [1.82, 2.24) is 4.98 Å². The summed E-state index contributed by atoms with van der Waals surface area (Å²) in [7, 11) is 1.03. The Balaban J connectivity index is 2.35. The molecular weight excluding hydrogens is 466 g/mol. The molecule has 0 spiro atoms. The number of thiol groups is 1. The smallest absolute Gasteiger partial charge is 0.304 e. The van der Waals surface area contributed by atoms with Crippen LogP contribution in [0.2, 0.25) is 0 Å². The summed E-state index contributed by atoms with van der Waals surface area (Å²) in [5.41, 5.74) is -2.56. The van der Waals surface area contributed by atoms with Crippen LogP contribution in [0.4, 0.5) is 46.6 Å². The van der Waals surface area contributed by atoms with E-state index in [9.17, 15) is 44.8 Å². The molecule has 0 aliphatic rings. The van der Waals surface area contributed by atoms with Gasteiger partial charge < -0.3 is 5.32 Å². The van der Waals surface area contributed by atoms with Crippen LogP contribution in [-0.2, 0) is 10.8 Å². The van der Waals surface area contributed by atoms with Gasteiger partial charge in [-0.15, -0.1) is 12.6 Å². The van der Waals surface area contributed by atoms with Gasteiger partial charge in [0.15, 0.2) is 18.7 Å². The number of amides is 1. The first-order chi connectivity index (χ1) is 14.1. The molecular formula is C16H10F8N3O3S+. The number of carbonyl (C=O) groups is 1. The summed E-state index contributed by atoms with van der Waals surface area (Å²) in [5.74, 6) is -16.4. The van der Waals surface area contributed by atoms with E-state index in [4.69, 9.17) is 0 Å². The number of aromatic nitrogens is 1. The van der Waals surface area contributed by atoms with Gasteiger partial charge in [-0.25, -0.2) is 14.2 Å². The van der Waals surface area contributed by atoms with Gasteiger partial charge in [-0.1, -0.05) is 0 Å². The van der Waals surface area contributed by atoms with Gasteiger partial charge in [0.05, 0.1) is 10.5 Å². The Kier molecular flexibility index (Phi) is 6.49. The van der Waals surface area contributed by atoms with Crippen LogP contribution in [0.25, 0.3) is 0 Å². The number of nitrogens with zero attached hydrogens (tertiary/aromatic N) is 2. The Labute approximate surface area is 173 Å². The van der Waals surface area contributed by atoms with Crippen LogP contribution in [-0.4, -0.2) is 35.0 Å². The van der Waals surface area contributed by atoms with E-state index in [0.717, 1.165) is 13.2 Å². The summed E-state index contributed by atoms with van der Waals surface area (Å²) in [6.07, 6.45) is -6.76. The van der Waals surface area contributed by atoms with Crippen LogP contribution in [0, 0.1) is 10.7 Å². The number of nitrogens with one attached hydrogen (secondary N) is 1. The largest absolute Gasteiger partial charge is 0.460 e. The number of benzene rings is 1. The summed E-state index contributed by atoms with van der Waals surface area (Å²) >= 11 is 3.96. The minimum Gasteiger partial charge on any atom is -0.304 e. The topological polar surface area (TPSA) is 71.3 Å². The fourth-order valence-corrected chi connectivity index (χ4v) is 2.40. The number of hydrogen-bond donors (Lipinski definition) is 2. The molecule has 0 fully saturated rings. The molecule has 1 heterocycles. The lowest BCUT2D eigenvalue weighted by Gasteiger charge is -2.28. The normalized spacial score (nSPS) is 12.5. The van der Waals surface area contributed by atoms with Crippen molar-refractivity contribution in [3.63, 3.8) is 0 Å². The highest BCUT2D eigenvalue weighted by molar-refractivity contribution is 7.80. The molecule has 1 N–H and O–H groups in total. The van der Waals surface area contributed by atoms with Crippen LogP contribution < -0.4 is 5.32 Å². The summed E-state index contributed by atoms with van der Waals surface area (Å²) in [6.45, 7) is 0. The van der Waals surface area contributed by atoms with Crippen molar-refractivity contribution < 1.29 is 49.7 Å². The van der Waals surface area contributed by atoms with Crippen molar-refractivity contribution >= 4 is 30.0 Å². The van der Waals surface area contributed by atoms with Crippen molar-refractivity contribution in [2.45, 2.75) is 22.9 Å². The lowest BCUT2D eigenvalue weighted by atomic mass is 10.0. The zero-order valence-electron chi connectivity index (χ0n) is 15.0. The maximum atomic E-state index is 14.1. The van der Waals surface area contributed by atoms with Crippen LogP contribution >= 0.6 is 12.6 Å². The average Bonchev–Trinajstić information content (AvgIpc) is 2.68. The van der Waals surface area contributed by atoms with Crippen molar-refractivity contribution in [2.24, 2.45) is 0 Å². The number of rotatable bonds is 6. The summed E-state index contributed by atoms with van der Waals surface area (Å²) in [6, 6.07) is 3.07. The van der Waals surface area contributed by atoms with E-state index in [1.54, 1.807) is 0 Å². The molecule has 15 heteroatoms. The van der Waals surface area contributed by atoms with Crippen LogP contribution in [0.15, 0.2) is 35.4 Å². The summed E-state index contributed by atoms with van der Waals surface area (Å²) in [4.78, 5) is 31.1. The molecule has 0 aliphatic heterocycles. The Bertz CT molecular complexity index is 1030. The molecule has 0 atom stereocenters. The van der Waals surface area contributed by atoms with Crippen molar-refractivity contribution in [3.8, 4) is 0 Å². The molecule has 1 aromatic carbocycles. The molecule has 6 nitrogen and oxygen atoms in total. The lowest BCUT2D eigenvalue weighted by Crippen LogP contribution is -2.50. The second kappa shape index (κ2) is 8.28. The second-order valence-electron chi connectivity index (χ2n) is 5.80. The first kappa shape index (κ1) is 24.3. The molecule has 168 valence electrons. The molecule has 0 saturated heterocycles. The number of halogens is 8. The summed E-state index contributed by atoms with van der Waals surface area (Å²) < 4.78 is 104. The molecule has 0 unspecified atom stereocenters. The molecule has 2 rings (SSSR count). The Morgan fingerprint density at radius 1 is 1.13 bits per heavy atom. The van der Waals surface area contributed by atoms with Crippen molar-refractivity contribution in [1.29, 1.82) is 0 Å². The Morgan fingerprint density at radius 2 is 1.74 bits per heavy atom. The number of anilines is 1. The van der Waals surface area contributed by atoms with E-state index in [1.165, 1.54) is 12.1 Å². The highest BCUT2D eigenvalue weighted by atomic mass is 32.1. The van der Waals surface area contributed by atoms with E-state index in [1.807, 2.05) is 5.32 Å². The first-order valence-electron chi connectivity index (χ1n) is 7.77. The maximum absolute atomic E-state index is 14.1. The van der Waals surface area contributed by atoms with E-state index < -0.39 is 41.1 Å². The van der Waals surface area contributed by atoms with Crippen LogP contribution in [0.3, 0.4) is 0 Å². The highest BCUT2D eigenvalue weighted by Gasteiger charge is 2.73. The molecule has 0 radical (unpaired) electrons. The van der Waals surface area contributed by atoms with Gasteiger partial charge in [0.2, 0.25) is 0 Å². The standard InChI is InChI=1S/C16H9F8N3O3S/c1-30-27(29)8-2-3-11(31)9(5-8)13(28)26-12-10(17)4-7(6-25-12)14(18,19)15(20,21)16(22,23)24/h2-6H,1H3,(H-,25,26,28,29,31)/p+1. The Hall–Kier alpha value is -2.97. The molecule has 0 saturated carbocycles. The molecule has 1 aromatic heterocycles. The van der Waals surface area contributed by atoms with Gasteiger partial charge in [-0.2, -0.15) is 30.7 Å².